The lowest BCUT2D eigenvalue weighted by Crippen LogP contribution is -2.52. The van der Waals surface area contributed by atoms with Crippen LogP contribution in [0.25, 0.3) is 0 Å². The first kappa shape index (κ1) is 23.5. The lowest BCUT2D eigenvalue weighted by Gasteiger charge is -2.28. The van der Waals surface area contributed by atoms with E-state index in [1.165, 1.54) is 26.7 Å². The highest BCUT2D eigenvalue weighted by molar-refractivity contribution is 7.88. The van der Waals surface area contributed by atoms with Crippen LogP contribution >= 0.6 is 11.3 Å². The molecule has 2 saturated heterocycles. The maximum atomic E-state index is 13.4. The van der Waals surface area contributed by atoms with Crippen molar-refractivity contribution in [2.75, 3.05) is 13.1 Å². The highest BCUT2D eigenvalue weighted by atomic mass is 32.2. The van der Waals surface area contributed by atoms with E-state index in [4.69, 9.17) is 0 Å². The van der Waals surface area contributed by atoms with Gasteiger partial charge in [-0.1, -0.05) is 25.5 Å². The van der Waals surface area contributed by atoms with Gasteiger partial charge in [0.25, 0.3) is 5.91 Å². The fourth-order valence-corrected chi connectivity index (χ4v) is 6.88. The summed E-state index contributed by atoms with van der Waals surface area (Å²) in [5.74, 6) is -1.21. The number of aromatic nitrogens is 1. The number of nitrogens with zero attached hydrogens (tertiary/aromatic N) is 3. The van der Waals surface area contributed by atoms with Crippen LogP contribution in [0.4, 0.5) is 0 Å². The number of fused-ring (bicyclic) bond motifs is 1. The number of hydrogen-bond acceptors (Lipinski definition) is 7. The Bertz CT molecular complexity index is 1120. The van der Waals surface area contributed by atoms with Gasteiger partial charge in [0, 0.05) is 18.9 Å². The third-order valence-corrected chi connectivity index (χ3v) is 8.70. The van der Waals surface area contributed by atoms with Crippen LogP contribution in [0.2, 0.25) is 0 Å². The summed E-state index contributed by atoms with van der Waals surface area (Å²) in [7, 11) is -3.76. The zero-order chi connectivity index (χ0) is 23.6. The van der Waals surface area contributed by atoms with E-state index in [2.05, 4.69) is 10.3 Å². The normalized spacial score (nSPS) is 21.7. The topological polar surface area (TPSA) is 117 Å². The smallest absolute Gasteiger partial charge is 0.261 e. The first-order valence-electron chi connectivity index (χ1n) is 10.9. The molecule has 0 spiro atoms. The summed E-state index contributed by atoms with van der Waals surface area (Å²) in [4.78, 5) is 44.7. The Morgan fingerprint density at radius 1 is 1.30 bits per heavy atom. The van der Waals surface area contributed by atoms with E-state index in [9.17, 15) is 22.8 Å². The molecule has 0 aliphatic carbocycles. The number of carbonyl (C=O) groups is 3. The highest BCUT2D eigenvalue weighted by Gasteiger charge is 2.54. The molecule has 2 fully saturated rings. The molecule has 2 aromatic rings. The largest absolute Gasteiger partial charge is 0.340 e. The van der Waals surface area contributed by atoms with Crippen molar-refractivity contribution in [2.24, 2.45) is 0 Å². The van der Waals surface area contributed by atoms with Crippen LogP contribution in [0.3, 0.4) is 0 Å². The second kappa shape index (κ2) is 9.70. The van der Waals surface area contributed by atoms with Crippen molar-refractivity contribution in [3.8, 4) is 0 Å². The van der Waals surface area contributed by atoms with Crippen LogP contribution < -0.4 is 5.32 Å². The Labute approximate surface area is 196 Å². The molecule has 3 atom stereocenters. The van der Waals surface area contributed by atoms with Crippen LogP contribution in [0.1, 0.15) is 41.4 Å². The Kier molecular flexibility index (Phi) is 6.91. The quantitative estimate of drug-likeness (QED) is 0.598. The summed E-state index contributed by atoms with van der Waals surface area (Å²) in [5.41, 5.74) is 0.540. The van der Waals surface area contributed by atoms with Gasteiger partial charge in [-0.25, -0.2) is 8.42 Å². The number of pyridine rings is 1. The number of thiophene rings is 1. The molecular formula is C22H26N4O5S2. The van der Waals surface area contributed by atoms with E-state index in [1.807, 2.05) is 6.92 Å². The van der Waals surface area contributed by atoms with Gasteiger partial charge >= 0.3 is 0 Å². The van der Waals surface area contributed by atoms with Gasteiger partial charge in [-0.05, 0) is 35.9 Å². The average molecular weight is 491 g/mol. The van der Waals surface area contributed by atoms with Crippen molar-refractivity contribution in [1.29, 1.82) is 0 Å². The second-order valence-corrected chi connectivity index (χ2v) is 11.1. The third kappa shape index (κ3) is 4.85. The molecule has 2 aliphatic heterocycles. The molecule has 33 heavy (non-hydrogen) atoms. The fourth-order valence-electron chi connectivity index (χ4n) is 4.54. The Morgan fingerprint density at radius 3 is 2.79 bits per heavy atom. The molecule has 0 aromatic carbocycles. The minimum atomic E-state index is -3.76. The van der Waals surface area contributed by atoms with E-state index >= 15 is 0 Å². The van der Waals surface area contributed by atoms with Gasteiger partial charge in [0.2, 0.25) is 15.9 Å². The van der Waals surface area contributed by atoms with E-state index < -0.39 is 28.1 Å². The molecule has 0 saturated carbocycles. The van der Waals surface area contributed by atoms with Crippen LogP contribution in [0.15, 0.2) is 42.0 Å². The van der Waals surface area contributed by atoms with Crippen LogP contribution in [-0.2, 0) is 25.4 Å². The molecule has 0 bridgehead atoms. The zero-order valence-corrected chi connectivity index (χ0v) is 19.8. The van der Waals surface area contributed by atoms with Crippen molar-refractivity contribution in [1.82, 2.24) is 19.5 Å². The number of carbonyl (C=O) groups excluding carboxylic acids is 3. The van der Waals surface area contributed by atoms with Crippen LogP contribution in [0.5, 0.6) is 0 Å². The van der Waals surface area contributed by atoms with Crippen molar-refractivity contribution in [3.05, 3.63) is 52.5 Å². The lowest BCUT2D eigenvalue weighted by atomic mass is 10.1. The van der Waals surface area contributed by atoms with Gasteiger partial charge in [0.15, 0.2) is 5.78 Å². The number of likely N-dealkylation sites (tertiary alicyclic amines) is 1. The monoisotopic (exact) mass is 490 g/mol. The predicted molar refractivity (Wildman–Crippen MR) is 123 cm³/mol. The van der Waals surface area contributed by atoms with Gasteiger partial charge in [-0.3, -0.25) is 19.4 Å². The molecule has 1 N–H and O–H groups in total. The number of rotatable bonds is 8. The maximum Gasteiger partial charge on any atom is 0.261 e. The van der Waals surface area contributed by atoms with E-state index in [-0.39, 0.29) is 36.4 Å². The minimum absolute atomic E-state index is 0.248. The minimum Gasteiger partial charge on any atom is -0.340 e. The van der Waals surface area contributed by atoms with Crippen LogP contribution in [0, 0.1) is 0 Å². The first-order chi connectivity index (χ1) is 15.8. The van der Waals surface area contributed by atoms with Crippen molar-refractivity contribution < 1.29 is 22.8 Å². The number of ketones is 1. The zero-order valence-electron chi connectivity index (χ0n) is 18.2. The molecular weight excluding hydrogens is 464 g/mol. The van der Waals surface area contributed by atoms with Gasteiger partial charge in [0.1, 0.15) is 12.1 Å². The summed E-state index contributed by atoms with van der Waals surface area (Å²) in [6.07, 6.45) is 4.54. The Morgan fingerprint density at radius 2 is 2.12 bits per heavy atom. The summed E-state index contributed by atoms with van der Waals surface area (Å²) in [6, 6.07) is 4.62. The molecule has 4 heterocycles. The Balaban J connectivity index is 1.49. The summed E-state index contributed by atoms with van der Waals surface area (Å²) in [6.45, 7) is 1.94. The number of sulfonamides is 1. The fraction of sp³-hybridized carbons (Fsp3) is 0.455. The summed E-state index contributed by atoms with van der Waals surface area (Å²) in [5, 5.41) is 4.58. The van der Waals surface area contributed by atoms with E-state index in [0.29, 0.717) is 29.7 Å². The standard InChI is InChI=1S/C22H26N4O5S2/c1-2-5-16(24-21(28)19-7-4-11-32-19)22(29)25-10-8-17-20(25)18(27)13-26(17)33(30,31)14-15-6-3-9-23-12-15/h3-4,6-7,9,11-12,16-17,20H,2,5,8,10,13-14H2,1H3,(H,24,28). The van der Waals surface area contributed by atoms with Crippen LogP contribution in [-0.4, -0.2) is 71.4 Å². The first-order valence-corrected chi connectivity index (χ1v) is 13.4. The number of nitrogens with one attached hydrogen (secondary N) is 1. The molecule has 11 heteroatoms. The van der Waals surface area contributed by atoms with E-state index in [0.717, 1.165) is 0 Å². The maximum absolute atomic E-state index is 13.4. The molecule has 2 amide bonds. The average Bonchev–Trinajstić information content (AvgIpc) is 3.52. The summed E-state index contributed by atoms with van der Waals surface area (Å²) < 4.78 is 27.4. The SMILES string of the molecule is CCCC(NC(=O)c1cccs1)C(=O)N1CCC2C1C(=O)CN2S(=O)(=O)Cc1cccnc1. The van der Waals surface area contributed by atoms with Gasteiger partial charge in [-0.15, -0.1) is 11.3 Å². The predicted octanol–water partition coefficient (Wildman–Crippen LogP) is 1.43. The van der Waals surface area contributed by atoms with Gasteiger partial charge in [0.05, 0.1) is 23.2 Å². The Hall–Kier alpha value is -2.63. The molecule has 2 aromatic heterocycles. The van der Waals surface area contributed by atoms with Crippen molar-refractivity contribution in [3.63, 3.8) is 0 Å². The molecule has 9 nitrogen and oxygen atoms in total. The second-order valence-electron chi connectivity index (χ2n) is 8.25. The van der Waals surface area contributed by atoms with Gasteiger partial charge < -0.3 is 10.2 Å². The lowest BCUT2D eigenvalue weighted by molar-refractivity contribution is -0.138. The molecule has 4 rings (SSSR count). The van der Waals surface area contributed by atoms with Gasteiger partial charge in [-0.2, -0.15) is 4.31 Å². The molecule has 0 radical (unpaired) electrons. The molecule has 176 valence electrons. The highest BCUT2D eigenvalue weighted by Crippen LogP contribution is 2.33. The molecule has 3 unspecified atom stereocenters. The number of hydrogen-bond donors (Lipinski definition) is 1. The van der Waals surface area contributed by atoms with E-state index in [1.54, 1.807) is 35.8 Å². The van der Waals surface area contributed by atoms with Crippen molar-refractivity contribution in [2.45, 2.75) is 50.1 Å². The van der Waals surface area contributed by atoms with Crippen molar-refractivity contribution >= 4 is 39.0 Å². The molecule has 2 aliphatic rings. The number of Topliss-reactive ketones (excluding diaryl/α,β-unsaturated/α-hetero) is 1. The third-order valence-electron chi connectivity index (χ3n) is 6.02. The number of amides is 2. The summed E-state index contributed by atoms with van der Waals surface area (Å²) >= 11 is 1.29.